The second kappa shape index (κ2) is 10.6. The fourth-order valence-electron chi connectivity index (χ4n) is 3.81. The van der Waals surface area contributed by atoms with Gasteiger partial charge in [0.25, 0.3) is 11.8 Å². The monoisotopic (exact) mass is 424 g/mol. The highest BCUT2D eigenvalue weighted by Crippen LogP contribution is 2.27. The molecule has 31 heavy (non-hydrogen) atoms. The molecule has 0 aromatic heterocycles. The summed E-state index contributed by atoms with van der Waals surface area (Å²) >= 11 is 0. The van der Waals surface area contributed by atoms with Crippen LogP contribution in [-0.2, 0) is 23.2 Å². The summed E-state index contributed by atoms with van der Waals surface area (Å²) in [7, 11) is 3.63. The number of aryl methyl sites for hydroxylation is 2. The van der Waals surface area contributed by atoms with Crippen LogP contribution in [-0.4, -0.2) is 39.0 Å². The molecule has 2 aromatic carbocycles. The van der Waals surface area contributed by atoms with Crippen LogP contribution in [0.2, 0.25) is 0 Å². The van der Waals surface area contributed by atoms with Crippen LogP contribution in [0.5, 0.6) is 0 Å². The van der Waals surface area contributed by atoms with Gasteiger partial charge in [-0.05, 0) is 60.1 Å². The summed E-state index contributed by atoms with van der Waals surface area (Å²) in [6.07, 6.45) is 0.841. The molecule has 1 unspecified atom stereocenters. The molecule has 0 saturated heterocycles. The Morgan fingerprint density at radius 1 is 1.00 bits per heavy atom. The lowest BCUT2D eigenvalue weighted by Crippen LogP contribution is -3.08. The maximum Gasteiger partial charge on any atom is 0.275 e. The smallest absolute Gasteiger partial charge is 0.275 e. The van der Waals surface area contributed by atoms with Crippen LogP contribution in [0.15, 0.2) is 36.4 Å². The van der Waals surface area contributed by atoms with E-state index in [0.29, 0.717) is 18.7 Å². The number of hydrogen-bond acceptors (Lipinski definition) is 2. The summed E-state index contributed by atoms with van der Waals surface area (Å²) in [6.45, 7) is 12.8. The second-order valence-electron chi connectivity index (χ2n) is 9.53. The van der Waals surface area contributed by atoms with Crippen molar-refractivity contribution in [1.29, 1.82) is 0 Å². The topological polar surface area (TPSA) is 62.6 Å². The highest BCUT2D eigenvalue weighted by Gasteiger charge is 2.17. The fourth-order valence-corrected chi connectivity index (χ4v) is 3.81. The van der Waals surface area contributed by atoms with E-state index in [1.807, 2.05) is 31.3 Å². The zero-order valence-corrected chi connectivity index (χ0v) is 20.1. The van der Waals surface area contributed by atoms with Crippen molar-refractivity contribution in [3.05, 3.63) is 69.8 Å². The lowest BCUT2D eigenvalue weighted by Gasteiger charge is -2.22. The molecule has 0 heterocycles. The lowest BCUT2D eigenvalue weighted by atomic mass is 9.83. The van der Waals surface area contributed by atoms with E-state index in [0.717, 1.165) is 23.4 Å². The molecule has 0 aliphatic carbocycles. The van der Waals surface area contributed by atoms with Crippen LogP contribution in [0.4, 0.5) is 0 Å². The van der Waals surface area contributed by atoms with Crippen LogP contribution in [0.3, 0.4) is 0 Å². The Bertz CT molecular complexity index is 888. The molecule has 168 valence electrons. The van der Waals surface area contributed by atoms with E-state index in [1.54, 1.807) is 7.05 Å². The van der Waals surface area contributed by atoms with Gasteiger partial charge in [0, 0.05) is 24.7 Å². The standard InChI is InChI=1S/C26H37N3O2/c1-18-14-22(26(3,4)5)15-19(2)23(18)12-13-28-24(30)17-29(7)16-20-8-10-21(11-9-20)25(31)27-6/h8-11,14-15H,12-13,16-17H2,1-7H3,(H,27,31)(H,28,30)/p+1. The first-order valence-corrected chi connectivity index (χ1v) is 11.0. The summed E-state index contributed by atoms with van der Waals surface area (Å²) in [5, 5.41) is 5.68. The van der Waals surface area contributed by atoms with Crippen molar-refractivity contribution in [2.75, 3.05) is 27.2 Å². The molecule has 0 spiro atoms. The molecule has 0 saturated carbocycles. The maximum absolute atomic E-state index is 12.4. The Morgan fingerprint density at radius 2 is 1.58 bits per heavy atom. The van der Waals surface area contributed by atoms with E-state index in [1.165, 1.54) is 22.3 Å². The summed E-state index contributed by atoms with van der Waals surface area (Å²) in [4.78, 5) is 25.1. The third kappa shape index (κ3) is 7.21. The van der Waals surface area contributed by atoms with Crippen molar-refractivity contribution in [3.63, 3.8) is 0 Å². The van der Waals surface area contributed by atoms with Gasteiger partial charge < -0.3 is 15.5 Å². The second-order valence-corrected chi connectivity index (χ2v) is 9.53. The van der Waals surface area contributed by atoms with E-state index in [4.69, 9.17) is 0 Å². The van der Waals surface area contributed by atoms with Gasteiger partial charge in [-0.2, -0.15) is 0 Å². The largest absolute Gasteiger partial charge is 0.355 e. The predicted octanol–water partition coefficient (Wildman–Crippen LogP) is 2.33. The third-order valence-corrected chi connectivity index (χ3v) is 5.67. The number of amides is 2. The van der Waals surface area contributed by atoms with Crippen LogP contribution in [0.25, 0.3) is 0 Å². The molecule has 0 aliphatic rings. The molecule has 0 radical (unpaired) electrons. The van der Waals surface area contributed by atoms with Gasteiger partial charge >= 0.3 is 0 Å². The molecule has 0 fully saturated rings. The molecule has 0 bridgehead atoms. The van der Waals surface area contributed by atoms with Gasteiger partial charge in [-0.15, -0.1) is 0 Å². The Labute approximate surface area is 187 Å². The van der Waals surface area contributed by atoms with Crippen molar-refractivity contribution in [2.24, 2.45) is 0 Å². The van der Waals surface area contributed by atoms with Gasteiger partial charge in [0.05, 0.1) is 7.05 Å². The lowest BCUT2D eigenvalue weighted by molar-refractivity contribution is -0.885. The van der Waals surface area contributed by atoms with Crippen LogP contribution in [0.1, 0.15) is 58.9 Å². The van der Waals surface area contributed by atoms with E-state index < -0.39 is 0 Å². The molecule has 5 heteroatoms. The molecule has 5 nitrogen and oxygen atoms in total. The molecular formula is C26H38N3O2+. The number of carbonyl (C=O) groups excluding carboxylic acids is 2. The first kappa shape index (κ1) is 24.6. The van der Waals surface area contributed by atoms with Gasteiger partial charge in [0.2, 0.25) is 0 Å². The van der Waals surface area contributed by atoms with Gasteiger partial charge in [-0.3, -0.25) is 9.59 Å². The third-order valence-electron chi connectivity index (χ3n) is 5.67. The number of likely N-dealkylation sites (N-methyl/N-ethyl adjacent to an activating group) is 1. The average molecular weight is 425 g/mol. The maximum atomic E-state index is 12.4. The zero-order valence-electron chi connectivity index (χ0n) is 20.1. The van der Waals surface area contributed by atoms with Crippen molar-refractivity contribution < 1.29 is 14.5 Å². The minimum Gasteiger partial charge on any atom is -0.355 e. The summed E-state index contributed by atoms with van der Waals surface area (Å²) in [5.41, 5.74) is 7.14. The summed E-state index contributed by atoms with van der Waals surface area (Å²) < 4.78 is 0. The normalized spacial score (nSPS) is 12.4. The van der Waals surface area contributed by atoms with Gasteiger partial charge in [0.15, 0.2) is 6.54 Å². The zero-order chi connectivity index (χ0) is 23.2. The van der Waals surface area contributed by atoms with Crippen LogP contribution < -0.4 is 15.5 Å². The summed E-state index contributed by atoms with van der Waals surface area (Å²) in [6, 6.07) is 12.1. The fraction of sp³-hybridized carbons (Fsp3) is 0.462. The number of rotatable bonds is 8. The number of benzene rings is 2. The van der Waals surface area contributed by atoms with Gasteiger partial charge in [-0.1, -0.05) is 45.0 Å². The van der Waals surface area contributed by atoms with Crippen molar-refractivity contribution in [1.82, 2.24) is 10.6 Å². The minimum absolute atomic E-state index is 0.0566. The molecule has 2 aromatic rings. The summed E-state index contributed by atoms with van der Waals surface area (Å²) in [5.74, 6) is -0.0359. The molecule has 2 rings (SSSR count). The van der Waals surface area contributed by atoms with Crippen molar-refractivity contribution in [3.8, 4) is 0 Å². The Hall–Kier alpha value is -2.66. The predicted molar refractivity (Wildman–Crippen MR) is 127 cm³/mol. The van der Waals surface area contributed by atoms with E-state index in [9.17, 15) is 9.59 Å². The molecule has 3 N–H and O–H groups in total. The average Bonchev–Trinajstić information content (AvgIpc) is 2.69. The molecule has 1 atom stereocenters. The number of hydrogen-bond donors (Lipinski definition) is 3. The Balaban J connectivity index is 1.83. The number of carbonyl (C=O) groups is 2. The molecule has 0 aliphatic heterocycles. The van der Waals surface area contributed by atoms with Crippen molar-refractivity contribution in [2.45, 2.75) is 53.0 Å². The first-order valence-electron chi connectivity index (χ1n) is 11.0. The quantitative estimate of drug-likeness (QED) is 0.609. The molecule has 2 amide bonds. The van der Waals surface area contributed by atoms with E-state index in [2.05, 4.69) is 57.4 Å². The van der Waals surface area contributed by atoms with Gasteiger partial charge in [0.1, 0.15) is 6.54 Å². The number of quaternary nitrogens is 1. The molecular weight excluding hydrogens is 386 g/mol. The van der Waals surface area contributed by atoms with Gasteiger partial charge in [-0.25, -0.2) is 0 Å². The first-order chi connectivity index (χ1) is 14.5. The highest BCUT2D eigenvalue weighted by molar-refractivity contribution is 5.93. The van der Waals surface area contributed by atoms with E-state index >= 15 is 0 Å². The van der Waals surface area contributed by atoms with E-state index in [-0.39, 0.29) is 17.2 Å². The van der Waals surface area contributed by atoms with Crippen LogP contribution in [0, 0.1) is 13.8 Å². The minimum atomic E-state index is -0.0925. The SMILES string of the molecule is CNC(=O)c1ccc(C[NH+](C)CC(=O)NCCc2c(C)cc(C(C)(C)C)cc2C)cc1. The van der Waals surface area contributed by atoms with Crippen molar-refractivity contribution >= 4 is 11.8 Å². The Morgan fingerprint density at radius 3 is 2.10 bits per heavy atom. The Kier molecular flexibility index (Phi) is 8.40. The number of nitrogens with one attached hydrogen (secondary N) is 3. The highest BCUT2D eigenvalue weighted by atomic mass is 16.2. The van der Waals surface area contributed by atoms with Crippen LogP contribution >= 0.6 is 0 Å².